The van der Waals surface area contributed by atoms with Gasteiger partial charge < -0.3 is 13.9 Å². The maximum Gasteiger partial charge on any atom is 0.379 e. The maximum absolute atomic E-state index is 13.1. The molecule has 1 aliphatic heterocycles. The number of benzene rings is 2. The van der Waals surface area contributed by atoms with Crippen LogP contribution in [0.2, 0.25) is 0 Å². The van der Waals surface area contributed by atoms with Crippen LogP contribution in [0.15, 0.2) is 76.2 Å². The fraction of sp³-hybridized carbons (Fsp3) is 0.125. The van der Waals surface area contributed by atoms with Crippen LogP contribution in [0.1, 0.15) is 34.6 Å². The number of carbonyl (C=O) groups is 2. The molecule has 162 valence electrons. The molecule has 0 N–H and O–H groups in total. The summed E-state index contributed by atoms with van der Waals surface area (Å²) in [6.07, 6.45) is 3.14. The Morgan fingerprint density at radius 2 is 1.91 bits per heavy atom. The molecule has 8 heteroatoms. The van der Waals surface area contributed by atoms with Crippen LogP contribution in [-0.4, -0.2) is 28.2 Å². The molecule has 0 spiro atoms. The molecule has 4 rings (SSSR count). The van der Waals surface area contributed by atoms with Crippen LogP contribution in [0, 0.1) is 0 Å². The van der Waals surface area contributed by atoms with Gasteiger partial charge in [0.15, 0.2) is 11.5 Å². The minimum atomic E-state index is -0.628. The standard InChI is InChI=1S/C24H19NO5S2/c1-15(17-7-4-3-5-8-17)25-22(26)21(32-24(25)31)14-16-10-11-18(20(13-16)28-2)30-23(27)19-9-6-12-29-19/h3-15H,1-2H3/b21-14+/t15-/m1/s1. The fourth-order valence-electron chi connectivity index (χ4n) is 3.25. The van der Waals surface area contributed by atoms with Crippen molar-refractivity contribution in [3.05, 3.63) is 88.7 Å². The smallest absolute Gasteiger partial charge is 0.379 e. The van der Waals surface area contributed by atoms with Gasteiger partial charge in [0, 0.05) is 0 Å². The molecule has 1 saturated heterocycles. The monoisotopic (exact) mass is 465 g/mol. The lowest BCUT2D eigenvalue weighted by atomic mass is 10.1. The first-order valence-electron chi connectivity index (χ1n) is 9.73. The van der Waals surface area contributed by atoms with Crippen LogP contribution in [0.4, 0.5) is 0 Å². The quantitative estimate of drug-likeness (QED) is 0.207. The number of furan rings is 1. The highest BCUT2D eigenvalue weighted by Gasteiger charge is 2.35. The van der Waals surface area contributed by atoms with Gasteiger partial charge in [-0.05, 0) is 48.4 Å². The average molecular weight is 466 g/mol. The Kier molecular flexibility index (Phi) is 6.43. The third-order valence-corrected chi connectivity index (χ3v) is 6.23. The fourth-order valence-corrected chi connectivity index (χ4v) is 4.67. The van der Waals surface area contributed by atoms with Crippen molar-refractivity contribution in [2.45, 2.75) is 13.0 Å². The zero-order valence-corrected chi connectivity index (χ0v) is 18.9. The second kappa shape index (κ2) is 9.42. The molecule has 1 fully saturated rings. The molecule has 1 atom stereocenters. The molecule has 32 heavy (non-hydrogen) atoms. The average Bonchev–Trinajstić information content (AvgIpc) is 3.43. The lowest BCUT2D eigenvalue weighted by molar-refractivity contribution is -0.123. The van der Waals surface area contributed by atoms with E-state index in [9.17, 15) is 9.59 Å². The molecule has 6 nitrogen and oxygen atoms in total. The van der Waals surface area contributed by atoms with Gasteiger partial charge in [-0.1, -0.05) is 60.4 Å². The molecule has 0 aliphatic carbocycles. The number of rotatable bonds is 6. The number of methoxy groups -OCH3 is 1. The lowest BCUT2D eigenvalue weighted by Crippen LogP contribution is -2.30. The van der Waals surface area contributed by atoms with Gasteiger partial charge in [-0.15, -0.1) is 0 Å². The van der Waals surface area contributed by atoms with Crippen molar-refractivity contribution in [1.29, 1.82) is 0 Å². The van der Waals surface area contributed by atoms with Gasteiger partial charge in [-0.2, -0.15) is 0 Å². The highest BCUT2D eigenvalue weighted by Crippen LogP contribution is 2.39. The molecule has 0 saturated carbocycles. The van der Waals surface area contributed by atoms with Crippen molar-refractivity contribution in [3.8, 4) is 11.5 Å². The van der Waals surface area contributed by atoms with E-state index in [0.717, 1.165) is 5.56 Å². The summed E-state index contributed by atoms with van der Waals surface area (Å²) in [6, 6.07) is 17.7. The van der Waals surface area contributed by atoms with Crippen molar-refractivity contribution in [2.75, 3.05) is 7.11 Å². The summed E-state index contributed by atoms with van der Waals surface area (Å²) in [5.41, 5.74) is 1.72. The molecule has 2 aromatic carbocycles. The number of thioether (sulfide) groups is 1. The van der Waals surface area contributed by atoms with Crippen LogP contribution < -0.4 is 9.47 Å². The van der Waals surface area contributed by atoms with Crippen molar-refractivity contribution < 1.29 is 23.5 Å². The van der Waals surface area contributed by atoms with Gasteiger partial charge in [-0.3, -0.25) is 9.69 Å². The van der Waals surface area contributed by atoms with Crippen molar-refractivity contribution in [1.82, 2.24) is 4.90 Å². The Morgan fingerprint density at radius 1 is 1.12 bits per heavy atom. The SMILES string of the molecule is COc1cc(/C=C2/SC(=S)N([C@H](C)c3ccccc3)C2=O)ccc1OC(=O)c1ccco1. The van der Waals surface area contributed by atoms with E-state index in [1.165, 1.54) is 31.2 Å². The topological polar surface area (TPSA) is 69.0 Å². The van der Waals surface area contributed by atoms with Gasteiger partial charge >= 0.3 is 5.97 Å². The van der Waals surface area contributed by atoms with Crippen LogP contribution in [0.25, 0.3) is 6.08 Å². The van der Waals surface area contributed by atoms with Crippen LogP contribution in [0.5, 0.6) is 11.5 Å². The van der Waals surface area contributed by atoms with Crippen LogP contribution >= 0.6 is 24.0 Å². The summed E-state index contributed by atoms with van der Waals surface area (Å²) in [4.78, 5) is 27.4. The number of thiocarbonyl (C=S) groups is 1. The van der Waals surface area contributed by atoms with Crippen LogP contribution in [-0.2, 0) is 4.79 Å². The molecular weight excluding hydrogens is 446 g/mol. The second-order valence-corrected chi connectivity index (χ2v) is 8.59. The van der Waals surface area contributed by atoms with E-state index in [2.05, 4.69) is 0 Å². The Bertz CT molecular complexity index is 1190. The maximum atomic E-state index is 13.1. The molecule has 1 aromatic heterocycles. The molecule has 1 amide bonds. The van der Waals surface area contributed by atoms with Crippen molar-refractivity contribution >= 4 is 46.3 Å². The second-order valence-electron chi connectivity index (χ2n) is 6.92. The minimum Gasteiger partial charge on any atom is -0.493 e. The highest BCUT2D eigenvalue weighted by molar-refractivity contribution is 8.26. The number of amides is 1. The van der Waals surface area contributed by atoms with Crippen LogP contribution in [0.3, 0.4) is 0 Å². The Morgan fingerprint density at radius 3 is 2.59 bits per heavy atom. The van der Waals surface area contributed by atoms with Gasteiger partial charge in [0.1, 0.15) is 4.32 Å². The van der Waals surface area contributed by atoms with Gasteiger partial charge in [0.05, 0.1) is 24.3 Å². The van der Waals surface area contributed by atoms with Gasteiger partial charge in [0.25, 0.3) is 5.91 Å². The molecule has 2 heterocycles. The van der Waals surface area contributed by atoms with E-state index >= 15 is 0 Å². The number of hydrogen-bond donors (Lipinski definition) is 0. The normalized spacial score (nSPS) is 15.8. The van der Waals surface area contributed by atoms with Crippen molar-refractivity contribution in [3.63, 3.8) is 0 Å². The number of nitrogens with zero attached hydrogens (tertiary/aromatic N) is 1. The number of esters is 1. The van der Waals surface area contributed by atoms with E-state index in [0.29, 0.717) is 20.5 Å². The largest absolute Gasteiger partial charge is 0.493 e. The highest BCUT2D eigenvalue weighted by atomic mass is 32.2. The number of carbonyl (C=O) groups excluding carboxylic acids is 2. The number of ether oxygens (including phenoxy) is 2. The summed E-state index contributed by atoms with van der Waals surface area (Å²) < 4.78 is 16.3. The Hall–Kier alpha value is -3.36. The Labute approximate surface area is 194 Å². The summed E-state index contributed by atoms with van der Waals surface area (Å²) in [5.74, 6) is -0.0871. The van der Waals surface area contributed by atoms with Gasteiger partial charge in [0.2, 0.25) is 5.76 Å². The third-order valence-electron chi connectivity index (χ3n) is 4.90. The van der Waals surface area contributed by atoms with E-state index < -0.39 is 5.97 Å². The summed E-state index contributed by atoms with van der Waals surface area (Å²) in [5, 5.41) is 0. The van der Waals surface area contributed by atoms with Gasteiger partial charge in [-0.25, -0.2) is 4.79 Å². The number of hydrogen-bond acceptors (Lipinski definition) is 7. The molecule has 1 aliphatic rings. The zero-order chi connectivity index (χ0) is 22.7. The van der Waals surface area contributed by atoms with E-state index in [-0.39, 0.29) is 23.5 Å². The predicted molar refractivity (Wildman–Crippen MR) is 127 cm³/mol. The lowest BCUT2D eigenvalue weighted by Gasteiger charge is -2.23. The van der Waals surface area contributed by atoms with E-state index in [4.69, 9.17) is 26.1 Å². The zero-order valence-electron chi connectivity index (χ0n) is 17.3. The first kappa shape index (κ1) is 21.9. The molecule has 0 unspecified atom stereocenters. The van der Waals surface area contributed by atoms with E-state index in [1.54, 1.807) is 35.2 Å². The minimum absolute atomic E-state index is 0.0901. The molecular formula is C24H19NO5S2. The van der Waals surface area contributed by atoms with Crippen molar-refractivity contribution in [2.24, 2.45) is 0 Å². The molecule has 0 radical (unpaired) electrons. The summed E-state index contributed by atoms with van der Waals surface area (Å²) in [7, 11) is 1.48. The first-order chi connectivity index (χ1) is 15.5. The predicted octanol–water partition coefficient (Wildman–Crippen LogP) is 5.47. The molecule has 0 bridgehead atoms. The Balaban J connectivity index is 1.55. The first-order valence-corrected chi connectivity index (χ1v) is 11.0. The van der Waals surface area contributed by atoms with E-state index in [1.807, 2.05) is 37.3 Å². The third kappa shape index (κ3) is 4.46. The molecule has 3 aromatic rings. The summed E-state index contributed by atoms with van der Waals surface area (Å²) in [6.45, 7) is 1.95. The summed E-state index contributed by atoms with van der Waals surface area (Å²) >= 11 is 6.74.